The van der Waals surface area contributed by atoms with Crippen molar-refractivity contribution in [3.05, 3.63) is 65.7 Å². The minimum absolute atomic E-state index is 0.0481. The second-order valence-corrected chi connectivity index (χ2v) is 9.27. The molecular formula is C22H23N5OS2. The molecule has 8 heteroatoms. The smallest absolute Gasteiger partial charge is 0.240 e. The van der Waals surface area contributed by atoms with Crippen LogP contribution in [0.25, 0.3) is 0 Å². The average Bonchev–Trinajstić information content (AvgIpc) is 3.21. The molecular weight excluding hydrogens is 414 g/mol. The lowest BCUT2D eigenvalue weighted by Crippen LogP contribution is -2.37. The summed E-state index contributed by atoms with van der Waals surface area (Å²) in [6.45, 7) is 4.90. The highest BCUT2D eigenvalue weighted by Crippen LogP contribution is 2.31. The number of carbonyl (C=O) groups is 1. The first-order chi connectivity index (χ1) is 14.6. The molecule has 0 saturated heterocycles. The minimum atomic E-state index is -0.347. The van der Waals surface area contributed by atoms with Crippen molar-refractivity contribution >= 4 is 39.8 Å². The lowest BCUT2D eigenvalue weighted by molar-refractivity contribution is -0.117. The molecule has 0 aliphatic carbocycles. The van der Waals surface area contributed by atoms with Crippen molar-refractivity contribution < 1.29 is 4.79 Å². The van der Waals surface area contributed by atoms with Gasteiger partial charge in [0.05, 0.1) is 17.7 Å². The molecule has 1 N–H and O–H groups in total. The Morgan fingerprint density at radius 3 is 2.63 bits per heavy atom. The quantitative estimate of drug-likeness (QED) is 0.480. The highest BCUT2D eigenvalue weighted by atomic mass is 32.2. The Morgan fingerprint density at radius 2 is 1.93 bits per heavy atom. The molecule has 1 atom stereocenters. The third kappa shape index (κ3) is 6.05. The van der Waals surface area contributed by atoms with Crippen LogP contribution in [0.1, 0.15) is 24.5 Å². The number of nitrogens with one attached hydrogen (secondary N) is 1. The van der Waals surface area contributed by atoms with Gasteiger partial charge in [0.25, 0.3) is 0 Å². The lowest BCUT2D eigenvalue weighted by atomic mass is 10.2. The van der Waals surface area contributed by atoms with Gasteiger partial charge in [-0.15, -0.1) is 10.2 Å². The number of nitrogens with zero attached hydrogens (tertiary/aromatic N) is 4. The van der Waals surface area contributed by atoms with E-state index in [1.54, 1.807) is 4.90 Å². The number of aryl methyl sites for hydroxylation is 1. The third-order valence-corrected chi connectivity index (χ3v) is 6.43. The molecule has 0 saturated carbocycles. The summed E-state index contributed by atoms with van der Waals surface area (Å²) in [5, 5.41) is 21.0. The number of rotatable bonds is 9. The summed E-state index contributed by atoms with van der Waals surface area (Å²) in [7, 11) is 0. The van der Waals surface area contributed by atoms with Gasteiger partial charge in [0.2, 0.25) is 11.0 Å². The van der Waals surface area contributed by atoms with E-state index in [4.69, 9.17) is 5.26 Å². The standard InChI is InChI=1S/C22H23N5OS2/c1-16-9-11-19(12-10-16)27(14-6-13-23)20(28)17(2)29-22-26-25-21(30-22)24-15-18-7-4-3-5-8-18/h3-5,7-12,17H,6,14-15H2,1-2H3,(H,24,25). The SMILES string of the molecule is Cc1ccc(N(CCC#N)C(=O)C(C)Sc2nnc(NCc3ccccc3)s2)cc1. The maximum Gasteiger partial charge on any atom is 0.240 e. The van der Waals surface area contributed by atoms with Crippen molar-refractivity contribution in [2.24, 2.45) is 0 Å². The van der Waals surface area contributed by atoms with Crippen LogP contribution >= 0.6 is 23.1 Å². The first kappa shape index (κ1) is 21.8. The Bertz CT molecular complexity index is 998. The molecule has 6 nitrogen and oxygen atoms in total. The average molecular weight is 438 g/mol. The van der Waals surface area contributed by atoms with Crippen molar-refractivity contribution in [1.29, 1.82) is 5.26 Å². The summed E-state index contributed by atoms with van der Waals surface area (Å²) in [5.41, 5.74) is 3.09. The van der Waals surface area contributed by atoms with E-state index >= 15 is 0 Å². The Hall–Kier alpha value is -2.89. The molecule has 0 bridgehead atoms. The van der Waals surface area contributed by atoms with Crippen molar-refractivity contribution in [3.63, 3.8) is 0 Å². The maximum absolute atomic E-state index is 13.1. The van der Waals surface area contributed by atoms with Gasteiger partial charge in [-0.05, 0) is 31.5 Å². The summed E-state index contributed by atoms with van der Waals surface area (Å²) in [6.07, 6.45) is 0.281. The highest BCUT2D eigenvalue weighted by Gasteiger charge is 2.24. The van der Waals surface area contributed by atoms with E-state index in [2.05, 4.69) is 21.6 Å². The first-order valence-corrected chi connectivity index (χ1v) is 11.3. The van der Waals surface area contributed by atoms with Gasteiger partial charge in [0.1, 0.15) is 0 Å². The maximum atomic E-state index is 13.1. The largest absolute Gasteiger partial charge is 0.356 e. The molecule has 1 heterocycles. The fourth-order valence-corrected chi connectivity index (χ4v) is 4.73. The van der Waals surface area contributed by atoms with E-state index in [1.807, 2.05) is 68.4 Å². The predicted molar refractivity (Wildman–Crippen MR) is 123 cm³/mol. The van der Waals surface area contributed by atoms with Gasteiger partial charge in [-0.2, -0.15) is 5.26 Å². The van der Waals surface area contributed by atoms with E-state index in [0.717, 1.165) is 26.3 Å². The normalized spacial score (nSPS) is 11.5. The van der Waals surface area contributed by atoms with Crippen LogP contribution in [0, 0.1) is 18.3 Å². The van der Waals surface area contributed by atoms with E-state index < -0.39 is 0 Å². The van der Waals surface area contributed by atoms with Gasteiger partial charge in [-0.1, -0.05) is 71.1 Å². The summed E-state index contributed by atoms with van der Waals surface area (Å²) in [6, 6.07) is 20.0. The Balaban J connectivity index is 1.62. The van der Waals surface area contributed by atoms with Gasteiger partial charge in [0, 0.05) is 18.8 Å². The molecule has 154 valence electrons. The summed E-state index contributed by atoms with van der Waals surface area (Å²) in [5.74, 6) is -0.0481. The molecule has 0 spiro atoms. The van der Waals surface area contributed by atoms with Crippen LogP contribution in [0.4, 0.5) is 10.8 Å². The van der Waals surface area contributed by atoms with Gasteiger partial charge in [-0.25, -0.2) is 0 Å². The molecule has 0 aliphatic heterocycles. The zero-order valence-corrected chi connectivity index (χ0v) is 18.5. The van der Waals surface area contributed by atoms with Crippen LogP contribution in [0.2, 0.25) is 0 Å². The Labute approximate surface area is 185 Å². The zero-order valence-electron chi connectivity index (χ0n) is 16.9. The number of hydrogen-bond donors (Lipinski definition) is 1. The first-order valence-electron chi connectivity index (χ1n) is 9.60. The number of hydrogen-bond acceptors (Lipinski definition) is 7. The van der Waals surface area contributed by atoms with Crippen molar-refractivity contribution in [1.82, 2.24) is 10.2 Å². The molecule has 1 aromatic heterocycles. The molecule has 1 unspecified atom stereocenters. The monoisotopic (exact) mass is 437 g/mol. The number of benzene rings is 2. The summed E-state index contributed by atoms with van der Waals surface area (Å²) < 4.78 is 0.732. The Morgan fingerprint density at radius 1 is 1.20 bits per heavy atom. The van der Waals surface area contributed by atoms with E-state index in [0.29, 0.717) is 13.1 Å². The van der Waals surface area contributed by atoms with Crippen molar-refractivity contribution in [2.75, 3.05) is 16.8 Å². The van der Waals surface area contributed by atoms with Crippen LogP contribution in [0.15, 0.2) is 58.9 Å². The fraction of sp³-hybridized carbons (Fsp3) is 0.273. The summed E-state index contributed by atoms with van der Waals surface area (Å²) in [4.78, 5) is 14.8. The van der Waals surface area contributed by atoms with Crippen LogP contribution in [0.5, 0.6) is 0 Å². The minimum Gasteiger partial charge on any atom is -0.356 e. The number of nitriles is 1. The predicted octanol–water partition coefficient (Wildman–Crippen LogP) is 4.89. The second kappa shape index (κ2) is 10.8. The molecule has 1 amide bonds. The third-order valence-electron chi connectivity index (χ3n) is 4.38. The second-order valence-electron chi connectivity index (χ2n) is 6.71. The number of carbonyl (C=O) groups excluding carboxylic acids is 1. The lowest BCUT2D eigenvalue weighted by Gasteiger charge is -2.24. The van der Waals surface area contributed by atoms with Crippen LogP contribution in [0.3, 0.4) is 0 Å². The topological polar surface area (TPSA) is 81.9 Å². The van der Waals surface area contributed by atoms with E-state index in [9.17, 15) is 4.79 Å². The van der Waals surface area contributed by atoms with Gasteiger partial charge < -0.3 is 10.2 Å². The number of anilines is 2. The molecule has 2 aromatic carbocycles. The van der Waals surface area contributed by atoms with Gasteiger partial charge in [0.15, 0.2) is 4.34 Å². The molecule has 30 heavy (non-hydrogen) atoms. The van der Waals surface area contributed by atoms with E-state index in [1.165, 1.54) is 23.1 Å². The molecule has 0 aliphatic rings. The van der Waals surface area contributed by atoms with E-state index in [-0.39, 0.29) is 17.6 Å². The molecule has 0 radical (unpaired) electrons. The molecule has 0 fully saturated rings. The van der Waals surface area contributed by atoms with Crippen LogP contribution in [-0.2, 0) is 11.3 Å². The van der Waals surface area contributed by atoms with Gasteiger partial charge >= 0.3 is 0 Å². The number of aromatic nitrogens is 2. The highest BCUT2D eigenvalue weighted by molar-refractivity contribution is 8.02. The van der Waals surface area contributed by atoms with Crippen molar-refractivity contribution in [3.8, 4) is 6.07 Å². The van der Waals surface area contributed by atoms with Crippen LogP contribution < -0.4 is 10.2 Å². The molecule has 3 rings (SSSR count). The van der Waals surface area contributed by atoms with Crippen LogP contribution in [-0.4, -0.2) is 27.9 Å². The van der Waals surface area contributed by atoms with Gasteiger partial charge in [-0.3, -0.25) is 4.79 Å². The Kier molecular flexibility index (Phi) is 7.82. The zero-order chi connectivity index (χ0) is 21.3. The number of amides is 1. The summed E-state index contributed by atoms with van der Waals surface area (Å²) >= 11 is 2.82. The van der Waals surface area contributed by atoms with Crippen molar-refractivity contribution in [2.45, 2.75) is 36.4 Å². The number of thioether (sulfide) groups is 1. The fourth-order valence-electron chi connectivity index (χ4n) is 2.78. The molecule has 3 aromatic rings.